The predicted octanol–water partition coefficient (Wildman–Crippen LogP) is 7.67. The molecule has 2 nitrogen and oxygen atoms in total. The Morgan fingerprint density at radius 2 is 1.14 bits per heavy atom. The lowest BCUT2D eigenvalue weighted by molar-refractivity contribution is 1.11. The third-order valence-electron chi connectivity index (χ3n) is 4.97. The van der Waals surface area contributed by atoms with Crippen LogP contribution in [0.15, 0.2) is 97.1 Å². The lowest BCUT2D eigenvalue weighted by Gasteiger charge is -2.13. The lowest BCUT2D eigenvalue weighted by Crippen LogP contribution is -1.98. The maximum Gasteiger partial charge on any atom is 0.133 e. The molecule has 29 heavy (non-hydrogen) atoms. The van der Waals surface area contributed by atoms with E-state index in [1.54, 1.807) is 0 Å². The fourth-order valence-electron chi connectivity index (χ4n) is 3.58. The Kier molecular flexibility index (Phi) is 4.59. The van der Waals surface area contributed by atoms with Gasteiger partial charge in [-0.25, -0.2) is 4.98 Å². The maximum atomic E-state index is 6.68. The van der Waals surface area contributed by atoms with Gasteiger partial charge in [0.25, 0.3) is 0 Å². The van der Waals surface area contributed by atoms with Crippen molar-refractivity contribution >= 4 is 34.1 Å². The van der Waals surface area contributed by atoms with Gasteiger partial charge >= 0.3 is 0 Å². The molecule has 0 N–H and O–H groups in total. The SMILES string of the molecule is Clc1c(Cl)n(-c2cc(-c3ccccc3)nc(-c3ccccc3)c2)c2ccccc12. The predicted molar refractivity (Wildman–Crippen MR) is 122 cm³/mol. The molecule has 140 valence electrons. The van der Waals surface area contributed by atoms with Gasteiger partial charge in [-0.15, -0.1) is 0 Å². The summed E-state index contributed by atoms with van der Waals surface area (Å²) >= 11 is 13.2. The smallest absolute Gasteiger partial charge is 0.133 e. The highest BCUT2D eigenvalue weighted by Gasteiger charge is 2.17. The Labute approximate surface area is 179 Å². The molecule has 0 radical (unpaired) electrons. The quantitative estimate of drug-likeness (QED) is 0.296. The minimum Gasteiger partial charge on any atom is -0.299 e. The standard InChI is InChI=1S/C25H16Cl2N2/c26-24-20-13-7-8-14-23(20)29(25(24)27)19-15-21(17-9-3-1-4-10-17)28-22(16-19)18-11-5-2-6-12-18/h1-16H. The number of hydrogen-bond donors (Lipinski definition) is 0. The van der Waals surface area contributed by atoms with Crippen molar-refractivity contribution in [3.8, 4) is 28.2 Å². The van der Waals surface area contributed by atoms with Crippen molar-refractivity contribution in [1.29, 1.82) is 0 Å². The van der Waals surface area contributed by atoms with Crippen LogP contribution in [0, 0.1) is 0 Å². The van der Waals surface area contributed by atoms with E-state index in [0.717, 1.165) is 39.1 Å². The van der Waals surface area contributed by atoms with E-state index in [-0.39, 0.29) is 0 Å². The largest absolute Gasteiger partial charge is 0.299 e. The van der Waals surface area contributed by atoms with Gasteiger partial charge in [0, 0.05) is 16.5 Å². The molecule has 0 spiro atoms. The van der Waals surface area contributed by atoms with Gasteiger partial charge in [0.1, 0.15) is 5.15 Å². The topological polar surface area (TPSA) is 17.8 Å². The third-order valence-corrected chi connectivity index (χ3v) is 5.80. The summed E-state index contributed by atoms with van der Waals surface area (Å²) in [4.78, 5) is 4.93. The molecule has 0 saturated carbocycles. The van der Waals surface area contributed by atoms with Gasteiger partial charge in [0.05, 0.1) is 27.6 Å². The first-order valence-corrected chi connectivity index (χ1v) is 10.1. The number of aromatic nitrogens is 2. The molecule has 4 heteroatoms. The van der Waals surface area contributed by atoms with E-state index in [0.29, 0.717) is 10.2 Å². The van der Waals surface area contributed by atoms with Crippen LogP contribution in [0.25, 0.3) is 39.1 Å². The Morgan fingerprint density at radius 1 is 0.621 bits per heavy atom. The molecule has 0 atom stereocenters. The number of rotatable bonds is 3. The van der Waals surface area contributed by atoms with Gasteiger partial charge in [-0.3, -0.25) is 4.57 Å². The summed E-state index contributed by atoms with van der Waals surface area (Å²) in [6, 6.07) is 32.4. The number of fused-ring (bicyclic) bond motifs is 1. The van der Waals surface area contributed by atoms with Crippen LogP contribution < -0.4 is 0 Å². The van der Waals surface area contributed by atoms with Crippen molar-refractivity contribution in [2.75, 3.05) is 0 Å². The molecule has 0 aliphatic rings. The molecular weight excluding hydrogens is 399 g/mol. The molecule has 5 rings (SSSR count). The van der Waals surface area contributed by atoms with Crippen LogP contribution in [0.4, 0.5) is 0 Å². The van der Waals surface area contributed by atoms with E-state index >= 15 is 0 Å². The number of benzene rings is 3. The first kappa shape index (κ1) is 18.0. The van der Waals surface area contributed by atoms with Gasteiger partial charge in [-0.2, -0.15) is 0 Å². The summed E-state index contributed by atoms with van der Waals surface area (Å²) in [5, 5.41) is 1.98. The van der Waals surface area contributed by atoms with Crippen molar-refractivity contribution in [2.24, 2.45) is 0 Å². The first-order chi connectivity index (χ1) is 14.2. The fourth-order valence-corrected chi connectivity index (χ4v) is 4.12. The average Bonchev–Trinajstić information content (AvgIpc) is 3.05. The number of para-hydroxylation sites is 1. The molecule has 2 heterocycles. The van der Waals surface area contributed by atoms with Gasteiger partial charge in [0.15, 0.2) is 0 Å². The first-order valence-electron chi connectivity index (χ1n) is 9.30. The summed E-state index contributed by atoms with van der Waals surface area (Å²) in [5.74, 6) is 0. The van der Waals surface area contributed by atoms with E-state index in [1.165, 1.54) is 0 Å². The van der Waals surface area contributed by atoms with Crippen LogP contribution in [-0.4, -0.2) is 9.55 Å². The van der Waals surface area contributed by atoms with Crippen molar-refractivity contribution < 1.29 is 0 Å². The van der Waals surface area contributed by atoms with E-state index in [9.17, 15) is 0 Å². The van der Waals surface area contributed by atoms with E-state index in [2.05, 4.69) is 36.4 Å². The molecule has 0 bridgehead atoms. The zero-order valence-electron chi connectivity index (χ0n) is 15.4. The zero-order valence-corrected chi connectivity index (χ0v) is 16.9. The highest BCUT2D eigenvalue weighted by Crippen LogP contribution is 2.38. The van der Waals surface area contributed by atoms with Crippen LogP contribution in [0.2, 0.25) is 10.2 Å². The van der Waals surface area contributed by atoms with Crippen molar-refractivity contribution in [3.63, 3.8) is 0 Å². The summed E-state index contributed by atoms with van der Waals surface area (Å²) in [5.41, 5.74) is 5.74. The van der Waals surface area contributed by atoms with Crippen LogP contribution >= 0.6 is 23.2 Å². The summed E-state index contributed by atoms with van der Waals surface area (Å²) in [7, 11) is 0. The number of hydrogen-bond acceptors (Lipinski definition) is 1. The van der Waals surface area contributed by atoms with Crippen LogP contribution in [0.3, 0.4) is 0 Å². The minimum absolute atomic E-state index is 0.497. The molecular formula is C25H16Cl2N2. The number of pyridine rings is 1. The molecule has 3 aromatic carbocycles. The third kappa shape index (κ3) is 3.21. The molecule has 5 aromatic rings. The summed E-state index contributed by atoms with van der Waals surface area (Å²) in [6.07, 6.45) is 0. The summed E-state index contributed by atoms with van der Waals surface area (Å²) in [6.45, 7) is 0. The van der Waals surface area contributed by atoms with Crippen LogP contribution in [0.1, 0.15) is 0 Å². The minimum atomic E-state index is 0.497. The Balaban J connectivity index is 1.81. The van der Waals surface area contributed by atoms with Gasteiger partial charge in [0.2, 0.25) is 0 Å². The van der Waals surface area contributed by atoms with E-state index in [4.69, 9.17) is 28.2 Å². The van der Waals surface area contributed by atoms with E-state index in [1.807, 2.05) is 65.2 Å². The van der Waals surface area contributed by atoms with Crippen LogP contribution in [0.5, 0.6) is 0 Å². The van der Waals surface area contributed by atoms with E-state index < -0.39 is 0 Å². The Hall–Kier alpha value is -3.07. The van der Waals surface area contributed by atoms with Crippen molar-refractivity contribution in [1.82, 2.24) is 9.55 Å². The van der Waals surface area contributed by atoms with Gasteiger partial charge < -0.3 is 0 Å². The molecule has 0 aliphatic carbocycles. The second-order valence-corrected chi connectivity index (χ2v) is 7.52. The summed E-state index contributed by atoms with van der Waals surface area (Å²) < 4.78 is 1.99. The van der Waals surface area contributed by atoms with Gasteiger partial charge in [-0.05, 0) is 18.2 Å². The van der Waals surface area contributed by atoms with Crippen LogP contribution in [-0.2, 0) is 0 Å². The normalized spacial score (nSPS) is 11.1. The lowest BCUT2D eigenvalue weighted by atomic mass is 10.1. The monoisotopic (exact) mass is 414 g/mol. The zero-order chi connectivity index (χ0) is 19.8. The maximum absolute atomic E-state index is 6.68. The Bertz CT molecular complexity index is 1250. The molecule has 2 aromatic heterocycles. The second kappa shape index (κ2) is 7.40. The van der Waals surface area contributed by atoms with Crippen molar-refractivity contribution in [2.45, 2.75) is 0 Å². The molecule has 0 aliphatic heterocycles. The van der Waals surface area contributed by atoms with Gasteiger partial charge in [-0.1, -0.05) is 102 Å². The second-order valence-electron chi connectivity index (χ2n) is 6.79. The highest BCUT2D eigenvalue weighted by atomic mass is 35.5. The fraction of sp³-hybridized carbons (Fsp3) is 0. The molecule has 0 fully saturated rings. The molecule has 0 saturated heterocycles. The van der Waals surface area contributed by atoms with Crippen molar-refractivity contribution in [3.05, 3.63) is 107 Å². The molecule has 0 unspecified atom stereocenters. The molecule has 0 amide bonds. The number of halogens is 2. The Morgan fingerprint density at radius 3 is 1.72 bits per heavy atom. The highest BCUT2D eigenvalue weighted by molar-refractivity contribution is 6.45. The average molecular weight is 415 g/mol. The number of nitrogens with zero attached hydrogens (tertiary/aromatic N) is 2.